The Bertz CT molecular complexity index is 2550. The highest BCUT2D eigenvalue weighted by atomic mass is 16.3. The van der Waals surface area contributed by atoms with Gasteiger partial charge in [0.25, 0.3) is 0 Å². The number of fused-ring (bicyclic) bond motifs is 2. The summed E-state index contributed by atoms with van der Waals surface area (Å²) < 4.78 is 6.43. The number of nitrogens with zero attached hydrogens (tertiary/aromatic N) is 1. The number of hydrogen-bond donors (Lipinski definition) is 0. The Morgan fingerprint density at radius 1 is 0.340 bits per heavy atom. The topological polar surface area (TPSA) is 16.4 Å². The van der Waals surface area contributed by atoms with Gasteiger partial charge in [0.15, 0.2) is 0 Å². The van der Waals surface area contributed by atoms with Gasteiger partial charge < -0.3 is 9.32 Å². The molecule has 0 aliphatic rings. The van der Waals surface area contributed by atoms with Crippen LogP contribution in [0.25, 0.3) is 66.4 Å². The molecule has 0 aliphatic heterocycles. The molecule has 1 heterocycles. The summed E-state index contributed by atoms with van der Waals surface area (Å²) in [6, 6.07) is 71.0. The summed E-state index contributed by atoms with van der Waals surface area (Å²) in [4.78, 5) is 2.40. The highest BCUT2D eigenvalue weighted by molar-refractivity contribution is 6.01. The minimum Gasteiger partial charge on any atom is -0.456 e. The number of hydrogen-bond acceptors (Lipinski definition) is 2. The van der Waals surface area contributed by atoms with Gasteiger partial charge >= 0.3 is 0 Å². The van der Waals surface area contributed by atoms with Gasteiger partial charge in [-0.2, -0.15) is 0 Å². The lowest BCUT2D eigenvalue weighted by atomic mass is 9.93. The zero-order valence-electron chi connectivity index (χ0n) is 27.4. The van der Waals surface area contributed by atoms with Crippen molar-refractivity contribution >= 4 is 38.8 Å². The smallest absolute Gasteiger partial charge is 0.136 e. The molecule has 0 amide bonds. The summed E-state index contributed by atoms with van der Waals surface area (Å²) in [6.07, 6.45) is 0. The van der Waals surface area contributed by atoms with Crippen LogP contribution >= 0.6 is 0 Å². The van der Waals surface area contributed by atoms with Gasteiger partial charge in [0.05, 0.1) is 11.4 Å². The van der Waals surface area contributed by atoms with E-state index in [1.54, 1.807) is 0 Å². The predicted octanol–water partition coefficient (Wildman–Crippen LogP) is 13.7. The highest BCUT2D eigenvalue weighted by Gasteiger charge is 2.20. The normalized spacial score (nSPS) is 11.2. The quantitative estimate of drug-likeness (QED) is 0.173. The first kappa shape index (κ1) is 29.5. The Labute approximate surface area is 292 Å². The van der Waals surface area contributed by atoms with E-state index in [0.29, 0.717) is 0 Å². The van der Waals surface area contributed by atoms with Gasteiger partial charge in [-0.25, -0.2) is 0 Å². The molecule has 236 valence electrons. The summed E-state index contributed by atoms with van der Waals surface area (Å²) in [7, 11) is 0. The molecule has 0 radical (unpaired) electrons. The molecular weight excluding hydrogens is 607 g/mol. The third kappa shape index (κ3) is 5.43. The molecule has 9 rings (SSSR count). The van der Waals surface area contributed by atoms with Crippen LogP contribution < -0.4 is 4.90 Å². The van der Waals surface area contributed by atoms with Crippen molar-refractivity contribution in [2.75, 3.05) is 4.90 Å². The summed E-state index contributed by atoms with van der Waals surface area (Å²) in [5.41, 5.74) is 12.3. The van der Waals surface area contributed by atoms with Gasteiger partial charge in [-0.05, 0) is 75.7 Å². The fraction of sp³-hybridized carbons (Fsp3) is 0. The number of rotatable bonds is 7. The van der Waals surface area contributed by atoms with E-state index in [1.807, 2.05) is 12.1 Å². The van der Waals surface area contributed by atoms with Gasteiger partial charge in [-0.3, -0.25) is 0 Å². The van der Waals surface area contributed by atoms with Crippen LogP contribution in [0.5, 0.6) is 0 Å². The Kier molecular flexibility index (Phi) is 7.53. The first-order chi connectivity index (χ1) is 24.8. The van der Waals surface area contributed by atoms with Crippen molar-refractivity contribution in [1.82, 2.24) is 0 Å². The fourth-order valence-corrected chi connectivity index (χ4v) is 7.06. The minimum atomic E-state index is 0.864. The van der Waals surface area contributed by atoms with E-state index in [0.717, 1.165) is 61.6 Å². The van der Waals surface area contributed by atoms with Gasteiger partial charge in [-0.15, -0.1) is 0 Å². The number of anilines is 3. The van der Waals surface area contributed by atoms with E-state index in [1.165, 1.54) is 21.9 Å². The lowest BCUT2D eigenvalue weighted by Crippen LogP contribution is -2.11. The second-order valence-electron chi connectivity index (χ2n) is 12.5. The van der Waals surface area contributed by atoms with Gasteiger partial charge in [-0.1, -0.05) is 158 Å². The molecule has 2 heteroatoms. The van der Waals surface area contributed by atoms with E-state index in [4.69, 9.17) is 4.42 Å². The molecule has 0 bridgehead atoms. The third-order valence-corrected chi connectivity index (χ3v) is 9.49. The Hall–Kier alpha value is -6.64. The molecule has 0 saturated heterocycles. The van der Waals surface area contributed by atoms with Crippen LogP contribution in [0.15, 0.2) is 205 Å². The second-order valence-corrected chi connectivity index (χ2v) is 12.5. The standard InChI is InChI=1S/C48H33NO/c1-3-14-35(15-4-1)41-31-28-38(32-44(41)48-33-39-19-8-12-25-47(39)50-48)34-26-29-40(30-27-34)49(46-24-13-20-37-18-7-9-21-43(37)46)45-23-11-10-22-42(45)36-16-5-2-6-17-36/h1-33H. The average molecular weight is 640 g/mol. The molecule has 2 nitrogen and oxygen atoms in total. The van der Waals surface area contributed by atoms with Crippen LogP contribution in [0.3, 0.4) is 0 Å². The Morgan fingerprint density at radius 2 is 0.940 bits per heavy atom. The van der Waals surface area contributed by atoms with Crippen LogP contribution in [0, 0.1) is 0 Å². The molecule has 0 atom stereocenters. The maximum Gasteiger partial charge on any atom is 0.136 e. The summed E-state index contributed by atoms with van der Waals surface area (Å²) >= 11 is 0. The molecule has 9 aromatic rings. The summed E-state index contributed by atoms with van der Waals surface area (Å²) in [6.45, 7) is 0. The van der Waals surface area contributed by atoms with Crippen molar-refractivity contribution < 1.29 is 4.42 Å². The van der Waals surface area contributed by atoms with E-state index in [-0.39, 0.29) is 0 Å². The maximum atomic E-state index is 6.43. The van der Waals surface area contributed by atoms with Gasteiger partial charge in [0.1, 0.15) is 11.3 Å². The van der Waals surface area contributed by atoms with Gasteiger partial charge in [0, 0.05) is 27.6 Å². The summed E-state index contributed by atoms with van der Waals surface area (Å²) in [5.74, 6) is 0.864. The van der Waals surface area contributed by atoms with Crippen molar-refractivity contribution in [3.05, 3.63) is 200 Å². The second kappa shape index (κ2) is 12.8. The van der Waals surface area contributed by atoms with Crippen molar-refractivity contribution in [2.24, 2.45) is 0 Å². The fourth-order valence-electron chi connectivity index (χ4n) is 7.06. The van der Waals surface area contributed by atoms with Crippen LogP contribution in [-0.4, -0.2) is 0 Å². The monoisotopic (exact) mass is 639 g/mol. The molecule has 0 fully saturated rings. The molecule has 0 N–H and O–H groups in total. The predicted molar refractivity (Wildman–Crippen MR) is 210 cm³/mol. The van der Waals surface area contributed by atoms with E-state index in [9.17, 15) is 0 Å². The van der Waals surface area contributed by atoms with Crippen molar-refractivity contribution in [1.29, 1.82) is 0 Å². The summed E-state index contributed by atoms with van der Waals surface area (Å²) in [5, 5.41) is 3.51. The van der Waals surface area contributed by atoms with Crippen molar-refractivity contribution in [2.45, 2.75) is 0 Å². The Balaban J connectivity index is 1.18. The molecule has 0 spiro atoms. The van der Waals surface area contributed by atoms with Crippen LogP contribution in [-0.2, 0) is 0 Å². The maximum absolute atomic E-state index is 6.43. The molecule has 50 heavy (non-hydrogen) atoms. The SMILES string of the molecule is c1ccc(-c2ccc(-c3ccc(N(c4ccccc4-c4ccccc4)c4cccc5ccccc45)cc3)cc2-c2cc3ccccc3o2)cc1. The lowest BCUT2D eigenvalue weighted by molar-refractivity contribution is 0.632. The number of furan rings is 1. The van der Waals surface area contributed by atoms with E-state index >= 15 is 0 Å². The minimum absolute atomic E-state index is 0.864. The molecule has 8 aromatic carbocycles. The third-order valence-electron chi connectivity index (χ3n) is 9.49. The van der Waals surface area contributed by atoms with E-state index in [2.05, 4.69) is 193 Å². The first-order valence-corrected chi connectivity index (χ1v) is 17.0. The molecule has 0 unspecified atom stereocenters. The molecular formula is C48H33NO. The molecule has 0 aliphatic carbocycles. The van der Waals surface area contributed by atoms with Crippen LogP contribution in [0.1, 0.15) is 0 Å². The average Bonchev–Trinajstić information content (AvgIpc) is 3.64. The lowest BCUT2D eigenvalue weighted by Gasteiger charge is -2.29. The van der Waals surface area contributed by atoms with Crippen LogP contribution in [0.2, 0.25) is 0 Å². The van der Waals surface area contributed by atoms with E-state index < -0.39 is 0 Å². The largest absolute Gasteiger partial charge is 0.456 e. The number of para-hydroxylation sites is 2. The van der Waals surface area contributed by atoms with Crippen molar-refractivity contribution in [3.8, 4) is 44.7 Å². The highest BCUT2D eigenvalue weighted by Crippen LogP contribution is 2.44. The van der Waals surface area contributed by atoms with Crippen LogP contribution in [0.4, 0.5) is 17.1 Å². The Morgan fingerprint density at radius 3 is 1.72 bits per heavy atom. The molecule has 0 saturated carbocycles. The zero-order chi connectivity index (χ0) is 33.3. The van der Waals surface area contributed by atoms with Crippen molar-refractivity contribution in [3.63, 3.8) is 0 Å². The molecule has 1 aromatic heterocycles. The zero-order valence-corrected chi connectivity index (χ0v) is 27.4. The number of benzene rings is 8. The first-order valence-electron chi connectivity index (χ1n) is 17.0. The van der Waals surface area contributed by atoms with Gasteiger partial charge in [0.2, 0.25) is 0 Å².